The van der Waals surface area contributed by atoms with Crippen molar-refractivity contribution in [3.05, 3.63) is 6.42 Å². The molecule has 1 radical (unpaired) electrons. The lowest BCUT2D eigenvalue weighted by Crippen LogP contribution is -2.45. The lowest BCUT2D eigenvalue weighted by atomic mass is 10.0. The first-order valence-corrected chi connectivity index (χ1v) is 5.23. The Morgan fingerprint density at radius 1 is 1.08 bits per heavy atom. The largest absolute Gasteiger partial charge is 0.317 e. The number of nitrogens with one attached hydrogen (secondary N) is 1. The van der Waals surface area contributed by atoms with E-state index in [1.807, 2.05) is 0 Å². The summed E-state index contributed by atoms with van der Waals surface area (Å²) >= 11 is 0. The predicted molar refractivity (Wildman–Crippen MR) is 51.0 cm³/mol. The van der Waals surface area contributed by atoms with E-state index in [-0.39, 0.29) is 0 Å². The summed E-state index contributed by atoms with van der Waals surface area (Å²) in [7, 11) is 0. The highest BCUT2D eigenvalue weighted by Crippen LogP contribution is 2.17. The van der Waals surface area contributed by atoms with Crippen molar-refractivity contribution in [1.29, 1.82) is 0 Å². The summed E-state index contributed by atoms with van der Waals surface area (Å²) < 4.78 is 0. The number of piperidine rings is 2. The molecule has 1 N–H and O–H groups in total. The van der Waals surface area contributed by atoms with E-state index < -0.39 is 0 Å². The van der Waals surface area contributed by atoms with E-state index in [1.54, 1.807) is 0 Å². The third-order valence-corrected chi connectivity index (χ3v) is 3.07. The van der Waals surface area contributed by atoms with E-state index in [0.717, 1.165) is 6.04 Å². The van der Waals surface area contributed by atoms with Gasteiger partial charge in [0.1, 0.15) is 0 Å². The molecule has 0 atom stereocenters. The van der Waals surface area contributed by atoms with Crippen molar-refractivity contribution < 1.29 is 0 Å². The highest BCUT2D eigenvalue weighted by atomic mass is 15.2. The fourth-order valence-corrected chi connectivity index (χ4v) is 2.31. The molecule has 0 bridgehead atoms. The molecule has 0 spiro atoms. The summed E-state index contributed by atoms with van der Waals surface area (Å²) in [6.45, 7) is 5.07. The zero-order valence-corrected chi connectivity index (χ0v) is 7.76. The summed E-state index contributed by atoms with van der Waals surface area (Å²) in [6.07, 6.45) is 7.77. The van der Waals surface area contributed by atoms with Crippen LogP contribution in [0.4, 0.5) is 0 Å². The summed E-state index contributed by atoms with van der Waals surface area (Å²) in [6, 6.07) is 0.889. The first kappa shape index (κ1) is 8.52. The molecule has 0 aromatic rings. The van der Waals surface area contributed by atoms with Crippen molar-refractivity contribution in [1.82, 2.24) is 10.2 Å². The Balaban J connectivity index is 1.80. The highest BCUT2D eigenvalue weighted by molar-refractivity contribution is 4.84. The van der Waals surface area contributed by atoms with Gasteiger partial charge in [0.15, 0.2) is 0 Å². The van der Waals surface area contributed by atoms with Crippen LogP contribution in [0.5, 0.6) is 0 Å². The fraction of sp³-hybridized carbons (Fsp3) is 0.900. The third-order valence-electron chi connectivity index (χ3n) is 3.07. The molecule has 2 heteroatoms. The van der Waals surface area contributed by atoms with Crippen molar-refractivity contribution in [3.63, 3.8) is 0 Å². The van der Waals surface area contributed by atoms with Gasteiger partial charge in [0, 0.05) is 6.04 Å². The van der Waals surface area contributed by atoms with Crippen LogP contribution >= 0.6 is 0 Å². The highest BCUT2D eigenvalue weighted by Gasteiger charge is 2.21. The number of hydrogen-bond donors (Lipinski definition) is 1. The van der Waals surface area contributed by atoms with Gasteiger partial charge in [-0.3, -0.25) is 0 Å². The average Bonchev–Trinajstić information content (AvgIpc) is 2.21. The van der Waals surface area contributed by atoms with Crippen LogP contribution in [0, 0.1) is 6.42 Å². The molecule has 2 rings (SSSR count). The lowest BCUT2D eigenvalue weighted by Gasteiger charge is -2.36. The van der Waals surface area contributed by atoms with Crippen LogP contribution < -0.4 is 5.32 Å². The van der Waals surface area contributed by atoms with Crippen LogP contribution in [-0.2, 0) is 0 Å². The van der Waals surface area contributed by atoms with Gasteiger partial charge in [0.2, 0.25) is 0 Å². The topological polar surface area (TPSA) is 15.3 Å². The Hall–Kier alpha value is -0.0800. The van der Waals surface area contributed by atoms with Crippen LogP contribution in [0.15, 0.2) is 0 Å². The molecule has 0 saturated carbocycles. The van der Waals surface area contributed by atoms with Gasteiger partial charge in [-0.1, -0.05) is 0 Å². The SMILES string of the molecule is [CH]1CCN(C2CCNCC2)CC1. The average molecular weight is 167 g/mol. The molecule has 0 aromatic carbocycles. The standard InChI is InChI=1S/C10H19N2/c1-2-8-12(9-3-1)10-4-6-11-7-5-10/h1,10-11H,2-9H2. The molecule has 2 saturated heterocycles. The van der Waals surface area contributed by atoms with Crippen LogP contribution in [-0.4, -0.2) is 37.1 Å². The molecular formula is C10H19N2. The van der Waals surface area contributed by atoms with Crippen LogP contribution in [0.2, 0.25) is 0 Å². The summed E-state index contributed by atoms with van der Waals surface area (Å²) in [4.78, 5) is 2.68. The number of rotatable bonds is 1. The quantitative estimate of drug-likeness (QED) is 0.627. The predicted octanol–water partition coefficient (Wildman–Crippen LogP) is 1.04. The van der Waals surface area contributed by atoms with Crippen LogP contribution in [0.25, 0.3) is 0 Å². The van der Waals surface area contributed by atoms with Gasteiger partial charge < -0.3 is 10.2 Å². The molecule has 0 amide bonds. The zero-order valence-electron chi connectivity index (χ0n) is 7.76. The minimum Gasteiger partial charge on any atom is -0.317 e. The van der Waals surface area contributed by atoms with E-state index in [1.165, 1.54) is 51.9 Å². The van der Waals surface area contributed by atoms with Gasteiger partial charge in [-0.05, 0) is 58.3 Å². The molecule has 12 heavy (non-hydrogen) atoms. The van der Waals surface area contributed by atoms with Gasteiger partial charge >= 0.3 is 0 Å². The van der Waals surface area contributed by atoms with Crippen molar-refractivity contribution >= 4 is 0 Å². The smallest absolute Gasteiger partial charge is 0.0119 e. The van der Waals surface area contributed by atoms with Crippen molar-refractivity contribution in [2.75, 3.05) is 26.2 Å². The van der Waals surface area contributed by atoms with Crippen molar-refractivity contribution in [2.24, 2.45) is 0 Å². The van der Waals surface area contributed by atoms with Gasteiger partial charge in [-0.2, -0.15) is 0 Å². The Labute approximate surface area is 75.3 Å². The van der Waals surface area contributed by atoms with Crippen LogP contribution in [0.1, 0.15) is 25.7 Å². The maximum Gasteiger partial charge on any atom is 0.0119 e. The maximum absolute atomic E-state index is 3.42. The normalized spacial score (nSPS) is 29.0. The summed E-state index contributed by atoms with van der Waals surface area (Å²) in [5.41, 5.74) is 0. The molecular weight excluding hydrogens is 148 g/mol. The van der Waals surface area contributed by atoms with Crippen LogP contribution in [0.3, 0.4) is 0 Å². The van der Waals surface area contributed by atoms with Gasteiger partial charge in [0.05, 0.1) is 0 Å². The third kappa shape index (κ3) is 1.99. The zero-order chi connectivity index (χ0) is 8.23. The molecule has 0 aliphatic carbocycles. The molecule has 69 valence electrons. The minimum absolute atomic E-state index is 0.889. The molecule has 2 aliphatic heterocycles. The second-order valence-corrected chi connectivity index (χ2v) is 3.88. The summed E-state index contributed by atoms with van der Waals surface area (Å²) in [5, 5.41) is 3.42. The van der Waals surface area contributed by atoms with E-state index in [0.29, 0.717) is 0 Å². The van der Waals surface area contributed by atoms with Gasteiger partial charge in [-0.25, -0.2) is 0 Å². The molecule has 0 unspecified atom stereocenters. The molecule has 2 aliphatic rings. The lowest BCUT2D eigenvalue weighted by molar-refractivity contribution is 0.150. The first-order valence-electron chi connectivity index (χ1n) is 5.23. The Morgan fingerprint density at radius 3 is 2.42 bits per heavy atom. The first-order chi connectivity index (χ1) is 5.97. The number of hydrogen-bond acceptors (Lipinski definition) is 2. The second-order valence-electron chi connectivity index (χ2n) is 3.88. The number of likely N-dealkylation sites (tertiary alicyclic amines) is 1. The number of nitrogens with zero attached hydrogens (tertiary/aromatic N) is 1. The van der Waals surface area contributed by atoms with E-state index in [2.05, 4.69) is 16.6 Å². The molecule has 2 nitrogen and oxygen atoms in total. The minimum atomic E-state index is 0.889. The van der Waals surface area contributed by atoms with Gasteiger partial charge in [0.25, 0.3) is 0 Å². The summed E-state index contributed by atoms with van der Waals surface area (Å²) in [5.74, 6) is 0. The Morgan fingerprint density at radius 2 is 1.75 bits per heavy atom. The van der Waals surface area contributed by atoms with Gasteiger partial charge in [-0.15, -0.1) is 0 Å². The van der Waals surface area contributed by atoms with E-state index in [4.69, 9.17) is 0 Å². The second kappa shape index (κ2) is 4.24. The molecule has 2 fully saturated rings. The van der Waals surface area contributed by atoms with E-state index in [9.17, 15) is 0 Å². The maximum atomic E-state index is 3.42. The molecule has 2 heterocycles. The fourth-order valence-electron chi connectivity index (χ4n) is 2.31. The monoisotopic (exact) mass is 167 g/mol. The molecule has 0 aromatic heterocycles. The van der Waals surface area contributed by atoms with Crippen molar-refractivity contribution in [2.45, 2.75) is 31.7 Å². The Bertz CT molecular complexity index is 108. The Kier molecular flexibility index (Phi) is 3.01. The van der Waals surface area contributed by atoms with Crippen molar-refractivity contribution in [3.8, 4) is 0 Å². The van der Waals surface area contributed by atoms with E-state index >= 15 is 0 Å².